The molecule has 0 saturated heterocycles. The van der Waals surface area contributed by atoms with Crippen LogP contribution >= 0.6 is 0 Å². The fourth-order valence-electron chi connectivity index (χ4n) is 4.86. The summed E-state index contributed by atoms with van der Waals surface area (Å²) in [5, 5.41) is 9.48. The smallest absolute Gasteiger partial charge is 0.237 e. The maximum atomic E-state index is 12.7. The number of hydrogen-bond acceptors (Lipinski definition) is 5. The van der Waals surface area contributed by atoms with Crippen molar-refractivity contribution in [2.24, 2.45) is 11.8 Å². The molecule has 5 rings (SSSR count). The Morgan fingerprint density at radius 3 is 2.56 bits per heavy atom. The van der Waals surface area contributed by atoms with Gasteiger partial charge in [0.05, 0.1) is 6.04 Å². The fraction of sp³-hybridized carbons (Fsp3) is 0.440. The monoisotopic (exact) mass is 435 g/mol. The summed E-state index contributed by atoms with van der Waals surface area (Å²) in [5.74, 6) is 1.92. The molecule has 2 aliphatic heterocycles. The van der Waals surface area contributed by atoms with E-state index in [0.717, 1.165) is 44.3 Å². The average molecular weight is 436 g/mol. The number of hydrogen-bond donors (Lipinski definition) is 3. The molecular formula is C25H29N3O4. The molecule has 0 aromatic heterocycles. The zero-order chi connectivity index (χ0) is 21.9. The number of ether oxygens (including phenoxy) is 2. The van der Waals surface area contributed by atoms with Crippen molar-refractivity contribution in [3.05, 3.63) is 53.6 Å². The minimum absolute atomic E-state index is 0.00360. The Hall–Kier alpha value is -3.06. The van der Waals surface area contributed by atoms with E-state index >= 15 is 0 Å². The van der Waals surface area contributed by atoms with E-state index in [4.69, 9.17) is 9.47 Å². The minimum atomic E-state index is -0.172. The number of fused-ring (bicyclic) bond motifs is 2. The number of anilines is 1. The van der Waals surface area contributed by atoms with Gasteiger partial charge in [-0.3, -0.25) is 9.59 Å². The van der Waals surface area contributed by atoms with Gasteiger partial charge in [-0.05, 0) is 61.3 Å². The maximum absolute atomic E-state index is 12.7. The molecule has 2 amide bonds. The first kappa shape index (κ1) is 20.8. The van der Waals surface area contributed by atoms with Crippen molar-refractivity contribution in [2.75, 3.05) is 18.7 Å². The van der Waals surface area contributed by atoms with Gasteiger partial charge in [0.1, 0.15) is 0 Å². The van der Waals surface area contributed by atoms with E-state index in [-0.39, 0.29) is 30.6 Å². The molecule has 0 bridgehead atoms. The largest absolute Gasteiger partial charge is 0.454 e. The van der Waals surface area contributed by atoms with E-state index in [1.165, 1.54) is 11.1 Å². The number of carbonyl (C=O) groups is 2. The second-order valence-electron chi connectivity index (χ2n) is 8.93. The first-order chi connectivity index (χ1) is 15.7. The van der Waals surface area contributed by atoms with Crippen LogP contribution in [0.25, 0.3) is 0 Å². The molecule has 2 aromatic rings. The summed E-state index contributed by atoms with van der Waals surface area (Å²) in [6.45, 7) is 1.63. The van der Waals surface area contributed by atoms with Crippen LogP contribution in [0.2, 0.25) is 0 Å². The molecule has 2 aromatic carbocycles. The van der Waals surface area contributed by atoms with Crippen molar-refractivity contribution in [1.82, 2.24) is 10.6 Å². The van der Waals surface area contributed by atoms with Gasteiger partial charge in [0.25, 0.3) is 0 Å². The van der Waals surface area contributed by atoms with Gasteiger partial charge in [-0.2, -0.15) is 0 Å². The lowest BCUT2D eigenvalue weighted by molar-refractivity contribution is -0.124. The number of nitrogens with one attached hydrogen (secondary N) is 3. The zero-order valence-electron chi connectivity index (χ0n) is 18.1. The van der Waals surface area contributed by atoms with Gasteiger partial charge in [-0.1, -0.05) is 24.3 Å². The molecule has 0 radical (unpaired) electrons. The summed E-state index contributed by atoms with van der Waals surface area (Å²) in [7, 11) is 0. The van der Waals surface area contributed by atoms with Gasteiger partial charge >= 0.3 is 0 Å². The Bertz CT molecular complexity index is 1000. The summed E-state index contributed by atoms with van der Waals surface area (Å²) >= 11 is 0. The third-order valence-corrected chi connectivity index (χ3v) is 6.82. The Kier molecular flexibility index (Phi) is 5.99. The molecule has 1 atom stereocenters. The molecule has 7 nitrogen and oxygen atoms in total. The number of carbonyl (C=O) groups excluding carboxylic acids is 2. The molecule has 2 heterocycles. The lowest BCUT2D eigenvalue weighted by Crippen LogP contribution is -2.48. The molecule has 168 valence electrons. The van der Waals surface area contributed by atoms with Gasteiger partial charge in [-0.15, -0.1) is 0 Å². The molecule has 32 heavy (non-hydrogen) atoms. The van der Waals surface area contributed by atoms with Crippen LogP contribution in [0.3, 0.4) is 0 Å². The van der Waals surface area contributed by atoms with Crippen molar-refractivity contribution in [1.29, 1.82) is 0 Å². The minimum Gasteiger partial charge on any atom is -0.454 e. The van der Waals surface area contributed by atoms with Crippen molar-refractivity contribution >= 4 is 17.5 Å². The zero-order valence-corrected chi connectivity index (χ0v) is 18.1. The van der Waals surface area contributed by atoms with Crippen molar-refractivity contribution in [3.63, 3.8) is 0 Å². The standard InChI is InChI=1S/C25H29N3O4/c29-24(28-20-9-10-22-23(12-20)32-15-31-22)17-7-5-16(6-8-17)13-27-25(30)21-11-18-3-1-2-4-19(18)14-26-21/h1-4,9-10,12,16-17,21,26H,5-8,11,13-15H2,(H,27,30)(H,28,29)/t16?,17?,21-/m1/s1. The molecule has 0 spiro atoms. The predicted octanol–water partition coefficient (Wildman–Crippen LogP) is 2.99. The Morgan fingerprint density at radius 2 is 1.72 bits per heavy atom. The topological polar surface area (TPSA) is 88.7 Å². The normalized spacial score (nSPS) is 23.8. The highest BCUT2D eigenvalue weighted by atomic mass is 16.7. The molecule has 3 aliphatic rings. The number of amides is 2. The van der Waals surface area contributed by atoms with Crippen LogP contribution in [-0.2, 0) is 22.6 Å². The third kappa shape index (κ3) is 4.58. The quantitative estimate of drug-likeness (QED) is 0.672. The highest BCUT2D eigenvalue weighted by molar-refractivity contribution is 5.93. The first-order valence-electron chi connectivity index (χ1n) is 11.4. The van der Waals surface area contributed by atoms with Crippen molar-refractivity contribution in [3.8, 4) is 11.5 Å². The van der Waals surface area contributed by atoms with Crippen molar-refractivity contribution in [2.45, 2.75) is 44.7 Å². The summed E-state index contributed by atoms with van der Waals surface area (Å²) in [6, 6.07) is 13.6. The molecule has 0 unspecified atom stereocenters. The van der Waals surface area contributed by atoms with Gasteiger partial charge in [-0.25, -0.2) is 0 Å². The molecule has 7 heteroatoms. The van der Waals surface area contributed by atoms with E-state index in [2.05, 4.69) is 28.1 Å². The Labute approximate surface area is 187 Å². The Morgan fingerprint density at radius 1 is 0.938 bits per heavy atom. The van der Waals surface area contributed by atoms with Crippen LogP contribution in [0.4, 0.5) is 5.69 Å². The second-order valence-corrected chi connectivity index (χ2v) is 8.93. The summed E-state index contributed by atoms with van der Waals surface area (Å²) in [6.07, 6.45) is 4.30. The highest BCUT2D eigenvalue weighted by Crippen LogP contribution is 2.35. The molecular weight excluding hydrogens is 406 g/mol. The van der Waals surface area contributed by atoms with Crippen LogP contribution in [0.1, 0.15) is 36.8 Å². The molecule has 1 saturated carbocycles. The van der Waals surface area contributed by atoms with Gasteiger partial charge in [0.15, 0.2) is 11.5 Å². The van der Waals surface area contributed by atoms with Crippen LogP contribution in [0.5, 0.6) is 11.5 Å². The third-order valence-electron chi connectivity index (χ3n) is 6.82. The lowest BCUT2D eigenvalue weighted by atomic mass is 9.81. The van der Waals surface area contributed by atoms with Gasteiger partial charge < -0.3 is 25.4 Å². The number of rotatable bonds is 5. The average Bonchev–Trinajstić information content (AvgIpc) is 3.30. The first-order valence-corrected chi connectivity index (χ1v) is 11.4. The lowest BCUT2D eigenvalue weighted by Gasteiger charge is -2.29. The van der Waals surface area contributed by atoms with E-state index in [1.807, 2.05) is 24.3 Å². The van der Waals surface area contributed by atoms with Crippen LogP contribution < -0.4 is 25.4 Å². The van der Waals surface area contributed by atoms with E-state index < -0.39 is 0 Å². The van der Waals surface area contributed by atoms with Crippen LogP contribution in [-0.4, -0.2) is 31.2 Å². The maximum Gasteiger partial charge on any atom is 0.237 e. The van der Waals surface area contributed by atoms with Gasteiger partial charge in [0, 0.05) is 30.8 Å². The van der Waals surface area contributed by atoms with E-state index in [9.17, 15) is 9.59 Å². The number of benzene rings is 2. The van der Waals surface area contributed by atoms with Gasteiger partial charge in [0.2, 0.25) is 18.6 Å². The Balaban J connectivity index is 1.05. The van der Waals surface area contributed by atoms with Crippen LogP contribution in [0.15, 0.2) is 42.5 Å². The molecule has 1 fully saturated rings. The van der Waals surface area contributed by atoms with Crippen LogP contribution in [0, 0.1) is 11.8 Å². The summed E-state index contributed by atoms with van der Waals surface area (Å²) in [4.78, 5) is 25.3. The highest BCUT2D eigenvalue weighted by Gasteiger charge is 2.28. The summed E-state index contributed by atoms with van der Waals surface area (Å²) in [5.41, 5.74) is 3.25. The van der Waals surface area contributed by atoms with E-state index in [1.54, 1.807) is 6.07 Å². The fourth-order valence-corrected chi connectivity index (χ4v) is 4.86. The van der Waals surface area contributed by atoms with E-state index in [0.29, 0.717) is 24.0 Å². The molecule has 3 N–H and O–H groups in total. The summed E-state index contributed by atoms with van der Waals surface area (Å²) < 4.78 is 10.7. The SMILES string of the molecule is O=C(Nc1ccc2c(c1)OCO2)C1CCC(CNC(=O)[C@H]2Cc3ccccc3CN2)CC1. The van der Waals surface area contributed by atoms with Crippen molar-refractivity contribution < 1.29 is 19.1 Å². The molecule has 1 aliphatic carbocycles. The second kappa shape index (κ2) is 9.20. The predicted molar refractivity (Wildman–Crippen MR) is 120 cm³/mol.